The second kappa shape index (κ2) is 4.97. The SMILES string of the molecule is CC(=O)c1c(C)oc2cc(OS(=O)(=O)O)cc(C)c2c1=O. The lowest BCUT2D eigenvalue weighted by molar-refractivity contribution is 0.101. The normalized spacial score (nSPS) is 11.6. The fourth-order valence-corrected chi connectivity index (χ4v) is 2.51. The van der Waals surface area contributed by atoms with Crippen LogP contribution in [0.1, 0.15) is 28.6 Å². The maximum Gasteiger partial charge on any atom is 0.446 e. The van der Waals surface area contributed by atoms with Crippen LogP contribution in [0.2, 0.25) is 0 Å². The van der Waals surface area contributed by atoms with Crippen molar-refractivity contribution in [3.05, 3.63) is 39.2 Å². The third kappa shape index (κ3) is 2.96. The van der Waals surface area contributed by atoms with Crippen molar-refractivity contribution in [3.8, 4) is 5.75 Å². The molecular formula is C13H12O7S. The van der Waals surface area contributed by atoms with Crippen LogP contribution in [0.4, 0.5) is 0 Å². The molecule has 0 bridgehead atoms. The zero-order valence-electron chi connectivity index (χ0n) is 11.5. The molecule has 7 nitrogen and oxygen atoms in total. The fourth-order valence-electron chi connectivity index (χ4n) is 2.17. The molecule has 1 aromatic carbocycles. The number of hydrogen-bond acceptors (Lipinski definition) is 6. The maximum atomic E-state index is 12.3. The molecule has 0 saturated heterocycles. The zero-order chi connectivity index (χ0) is 15.9. The third-order valence-corrected chi connectivity index (χ3v) is 3.30. The Kier molecular flexibility index (Phi) is 3.60. The Balaban J connectivity index is 2.82. The van der Waals surface area contributed by atoms with Crippen LogP contribution >= 0.6 is 0 Å². The molecular weight excluding hydrogens is 300 g/mol. The minimum atomic E-state index is -4.68. The van der Waals surface area contributed by atoms with E-state index in [0.29, 0.717) is 5.56 Å². The molecule has 0 fully saturated rings. The standard InChI is InChI=1S/C13H12O7S/c1-6-4-9(20-21(16,17)18)5-10-11(6)13(15)12(7(2)14)8(3)19-10/h4-5H,1-3H3,(H,16,17,18). The zero-order valence-corrected chi connectivity index (χ0v) is 12.3. The Labute approximate surface area is 120 Å². The molecule has 0 unspecified atom stereocenters. The van der Waals surface area contributed by atoms with E-state index >= 15 is 0 Å². The van der Waals surface area contributed by atoms with Gasteiger partial charge in [-0.25, -0.2) is 0 Å². The van der Waals surface area contributed by atoms with Crippen LogP contribution in [0, 0.1) is 13.8 Å². The third-order valence-electron chi connectivity index (χ3n) is 2.90. The number of carbonyl (C=O) groups is 1. The highest BCUT2D eigenvalue weighted by Gasteiger charge is 2.18. The number of ketones is 1. The van der Waals surface area contributed by atoms with Crippen molar-refractivity contribution in [3.63, 3.8) is 0 Å². The van der Waals surface area contributed by atoms with E-state index in [1.807, 2.05) is 0 Å². The van der Waals surface area contributed by atoms with Crippen molar-refractivity contribution in [2.75, 3.05) is 0 Å². The summed E-state index contributed by atoms with van der Waals surface area (Å²) in [6.07, 6.45) is 0. The Bertz CT molecular complexity index is 906. The number of benzene rings is 1. The monoisotopic (exact) mass is 312 g/mol. The van der Waals surface area contributed by atoms with Crippen LogP contribution in [0.3, 0.4) is 0 Å². The lowest BCUT2D eigenvalue weighted by Crippen LogP contribution is -2.16. The van der Waals surface area contributed by atoms with E-state index in [4.69, 9.17) is 8.97 Å². The first-order valence-electron chi connectivity index (χ1n) is 5.86. The van der Waals surface area contributed by atoms with Crippen molar-refractivity contribution in [1.82, 2.24) is 0 Å². The smallest absolute Gasteiger partial charge is 0.446 e. The van der Waals surface area contributed by atoms with E-state index in [2.05, 4.69) is 4.18 Å². The molecule has 0 aliphatic rings. The quantitative estimate of drug-likeness (QED) is 0.679. The maximum absolute atomic E-state index is 12.3. The molecule has 2 aromatic rings. The van der Waals surface area contributed by atoms with E-state index in [1.54, 1.807) is 0 Å². The Hall–Kier alpha value is -2.19. The van der Waals surface area contributed by atoms with Crippen molar-refractivity contribution >= 4 is 27.2 Å². The summed E-state index contributed by atoms with van der Waals surface area (Å²) in [7, 11) is -4.68. The van der Waals surface area contributed by atoms with E-state index in [1.165, 1.54) is 26.8 Å². The van der Waals surface area contributed by atoms with Crippen LogP contribution in [0.25, 0.3) is 11.0 Å². The number of hydrogen-bond donors (Lipinski definition) is 1. The van der Waals surface area contributed by atoms with E-state index in [0.717, 1.165) is 6.07 Å². The van der Waals surface area contributed by atoms with Gasteiger partial charge in [-0.15, -0.1) is 0 Å². The van der Waals surface area contributed by atoms with Crippen molar-refractivity contribution in [2.45, 2.75) is 20.8 Å². The van der Waals surface area contributed by atoms with Gasteiger partial charge in [-0.1, -0.05) is 0 Å². The first-order valence-corrected chi connectivity index (χ1v) is 7.22. The number of rotatable bonds is 3. The molecule has 0 radical (unpaired) electrons. The molecule has 0 saturated carbocycles. The summed E-state index contributed by atoms with van der Waals surface area (Å²) < 4.78 is 39.9. The van der Waals surface area contributed by atoms with Gasteiger partial charge in [0.15, 0.2) is 5.78 Å². The minimum absolute atomic E-state index is 0.0472. The number of aryl methyl sites for hydroxylation is 2. The van der Waals surface area contributed by atoms with E-state index < -0.39 is 21.6 Å². The highest BCUT2D eigenvalue weighted by molar-refractivity contribution is 7.81. The number of carbonyl (C=O) groups excluding carboxylic acids is 1. The highest BCUT2D eigenvalue weighted by Crippen LogP contribution is 2.25. The molecule has 112 valence electrons. The topological polar surface area (TPSA) is 111 Å². The molecule has 1 N–H and O–H groups in total. The van der Waals surface area contributed by atoms with Gasteiger partial charge in [0.2, 0.25) is 5.43 Å². The van der Waals surface area contributed by atoms with Crippen LogP contribution in [0.5, 0.6) is 5.75 Å². The van der Waals surface area contributed by atoms with Gasteiger partial charge in [-0.05, 0) is 32.4 Å². The second-order valence-corrected chi connectivity index (χ2v) is 5.57. The molecule has 8 heteroatoms. The van der Waals surface area contributed by atoms with Crippen molar-refractivity contribution in [1.29, 1.82) is 0 Å². The van der Waals surface area contributed by atoms with Gasteiger partial charge in [0, 0.05) is 6.07 Å². The molecule has 1 heterocycles. The summed E-state index contributed by atoms with van der Waals surface area (Å²) in [6.45, 7) is 4.26. The van der Waals surface area contributed by atoms with Crippen molar-refractivity contribution in [2.24, 2.45) is 0 Å². The molecule has 0 aliphatic heterocycles. The number of fused-ring (bicyclic) bond motifs is 1. The number of Topliss-reactive ketones (excluding diaryl/α,β-unsaturated/α-hetero) is 1. The van der Waals surface area contributed by atoms with Crippen LogP contribution < -0.4 is 9.61 Å². The van der Waals surface area contributed by atoms with Gasteiger partial charge in [0.1, 0.15) is 22.7 Å². The van der Waals surface area contributed by atoms with E-state index in [-0.39, 0.29) is 28.0 Å². The summed E-state index contributed by atoms with van der Waals surface area (Å²) in [5.74, 6) is -0.482. The average molecular weight is 312 g/mol. The molecule has 0 atom stereocenters. The Morgan fingerprint density at radius 3 is 2.43 bits per heavy atom. The van der Waals surface area contributed by atoms with Gasteiger partial charge in [0.25, 0.3) is 0 Å². The van der Waals surface area contributed by atoms with Gasteiger partial charge in [0.05, 0.1) is 5.39 Å². The summed E-state index contributed by atoms with van der Waals surface area (Å²) in [5, 5.41) is 0.161. The molecule has 0 amide bonds. The largest absolute Gasteiger partial charge is 0.460 e. The van der Waals surface area contributed by atoms with Gasteiger partial charge in [-0.3, -0.25) is 14.1 Å². The van der Waals surface area contributed by atoms with Crippen LogP contribution in [-0.4, -0.2) is 18.8 Å². The summed E-state index contributed by atoms with van der Waals surface area (Å²) in [4.78, 5) is 23.8. The predicted molar refractivity (Wildman–Crippen MR) is 74.1 cm³/mol. The minimum Gasteiger partial charge on any atom is -0.460 e. The van der Waals surface area contributed by atoms with Crippen LogP contribution in [-0.2, 0) is 10.4 Å². The summed E-state index contributed by atoms with van der Waals surface area (Å²) in [6, 6.07) is 2.42. The van der Waals surface area contributed by atoms with Crippen molar-refractivity contribution < 1.29 is 26.4 Å². The molecule has 1 aromatic heterocycles. The van der Waals surface area contributed by atoms with Crippen LogP contribution in [0.15, 0.2) is 21.3 Å². The van der Waals surface area contributed by atoms with Gasteiger partial charge >= 0.3 is 10.4 Å². The molecule has 21 heavy (non-hydrogen) atoms. The molecule has 0 aliphatic carbocycles. The lowest BCUT2D eigenvalue weighted by atomic mass is 10.0. The molecule has 0 spiro atoms. The highest BCUT2D eigenvalue weighted by atomic mass is 32.3. The second-order valence-electron chi connectivity index (χ2n) is 4.54. The Morgan fingerprint density at radius 2 is 1.90 bits per heavy atom. The fraction of sp³-hybridized carbons (Fsp3) is 0.231. The van der Waals surface area contributed by atoms with Gasteiger partial charge in [-0.2, -0.15) is 8.42 Å². The Morgan fingerprint density at radius 1 is 1.29 bits per heavy atom. The molecule has 2 rings (SSSR count). The first kappa shape index (κ1) is 15.2. The first-order chi connectivity index (χ1) is 9.60. The summed E-state index contributed by atoms with van der Waals surface area (Å²) >= 11 is 0. The van der Waals surface area contributed by atoms with Gasteiger partial charge < -0.3 is 8.60 Å². The summed E-state index contributed by atoms with van der Waals surface area (Å²) in [5.41, 5.74) is -0.102. The van der Waals surface area contributed by atoms with E-state index in [9.17, 15) is 18.0 Å². The predicted octanol–water partition coefficient (Wildman–Crippen LogP) is 1.79. The average Bonchev–Trinajstić information content (AvgIpc) is 2.23. The lowest BCUT2D eigenvalue weighted by Gasteiger charge is -2.08.